The number of fused-ring (bicyclic) bond motifs is 1. The Bertz CT molecular complexity index is 551. The molecule has 1 atom stereocenters. The van der Waals surface area contributed by atoms with Crippen LogP contribution in [0.25, 0.3) is 0 Å². The highest BCUT2D eigenvalue weighted by Crippen LogP contribution is 2.26. The molecule has 0 saturated heterocycles. The van der Waals surface area contributed by atoms with E-state index in [1.165, 1.54) is 0 Å². The van der Waals surface area contributed by atoms with Crippen molar-refractivity contribution in [1.82, 2.24) is 19.7 Å². The zero-order valence-electron chi connectivity index (χ0n) is 10.2. The van der Waals surface area contributed by atoms with E-state index in [2.05, 4.69) is 20.1 Å². The molecule has 1 aliphatic rings. The van der Waals surface area contributed by atoms with Crippen molar-refractivity contribution in [1.29, 1.82) is 0 Å². The zero-order chi connectivity index (χ0) is 12.5. The minimum Gasteiger partial charge on any atom is -0.389 e. The number of aromatic nitrogens is 4. The molecule has 1 aliphatic heterocycles. The molecule has 2 aromatic heterocycles. The second-order valence-electron chi connectivity index (χ2n) is 4.45. The third kappa shape index (κ3) is 1.84. The highest BCUT2D eigenvalue weighted by Gasteiger charge is 2.21. The summed E-state index contributed by atoms with van der Waals surface area (Å²) in [6, 6.07) is 3.75. The first-order valence-corrected chi connectivity index (χ1v) is 6.00. The fourth-order valence-corrected chi connectivity index (χ4v) is 2.25. The summed E-state index contributed by atoms with van der Waals surface area (Å²) >= 11 is 0. The molecular weight excluding hydrogens is 230 g/mol. The molecule has 18 heavy (non-hydrogen) atoms. The van der Waals surface area contributed by atoms with Gasteiger partial charge in [-0.1, -0.05) is 6.07 Å². The summed E-state index contributed by atoms with van der Waals surface area (Å²) in [6.07, 6.45) is 2.98. The Morgan fingerprint density at radius 2 is 2.28 bits per heavy atom. The lowest BCUT2D eigenvalue weighted by atomic mass is 10.1. The number of hydrogen-bond acceptors (Lipinski definition) is 5. The summed E-state index contributed by atoms with van der Waals surface area (Å²) in [5.74, 6) is 1.77. The number of pyridine rings is 1. The highest BCUT2D eigenvalue weighted by atomic mass is 16.3. The Kier molecular flexibility index (Phi) is 2.71. The largest absolute Gasteiger partial charge is 0.389 e. The molecule has 0 radical (unpaired) electrons. The second-order valence-corrected chi connectivity index (χ2v) is 4.45. The van der Waals surface area contributed by atoms with Crippen molar-refractivity contribution in [2.24, 2.45) is 0 Å². The lowest BCUT2D eigenvalue weighted by molar-refractivity contribution is 0.199. The first-order valence-electron chi connectivity index (χ1n) is 6.00. The average Bonchev–Trinajstić information content (AvgIpc) is 2.85. The monoisotopic (exact) mass is 245 g/mol. The minimum absolute atomic E-state index is 0.520. The maximum Gasteiger partial charge on any atom is 0.152 e. The molecule has 0 spiro atoms. The van der Waals surface area contributed by atoms with E-state index in [0.29, 0.717) is 6.54 Å². The van der Waals surface area contributed by atoms with Crippen molar-refractivity contribution in [3.63, 3.8) is 0 Å². The number of hydrogen-bond donors (Lipinski definition) is 1. The first-order chi connectivity index (χ1) is 8.75. The molecule has 0 fully saturated rings. The van der Waals surface area contributed by atoms with Crippen molar-refractivity contribution in [3.05, 3.63) is 36.0 Å². The van der Waals surface area contributed by atoms with E-state index in [0.717, 1.165) is 30.3 Å². The van der Waals surface area contributed by atoms with Crippen molar-refractivity contribution in [3.8, 4) is 0 Å². The van der Waals surface area contributed by atoms with Crippen molar-refractivity contribution in [2.45, 2.75) is 26.1 Å². The van der Waals surface area contributed by atoms with E-state index < -0.39 is 6.10 Å². The molecule has 2 aromatic rings. The van der Waals surface area contributed by atoms with Gasteiger partial charge in [-0.2, -0.15) is 0 Å². The van der Waals surface area contributed by atoms with Crippen LogP contribution in [0.2, 0.25) is 0 Å². The van der Waals surface area contributed by atoms with Crippen LogP contribution in [0.4, 0.5) is 5.82 Å². The van der Waals surface area contributed by atoms with Crippen LogP contribution in [0.1, 0.15) is 24.4 Å². The van der Waals surface area contributed by atoms with Gasteiger partial charge in [-0.15, -0.1) is 10.2 Å². The van der Waals surface area contributed by atoms with E-state index in [4.69, 9.17) is 0 Å². The van der Waals surface area contributed by atoms with Crippen molar-refractivity contribution >= 4 is 5.82 Å². The third-order valence-corrected chi connectivity index (χ3v) is 3.21. The number of anilines is 1. The molecule has 0 bridgehead atoms. The van der Waals surface area contributed by atoms with Crippen molar-refractivity contribution in [2.75, 3.05) is 11.4 Å². The van der Waals surface area contributed by atoms with Crippen LogP contribution in [-0.2, 0) is 13.1 Å². The predicted octanol–water partition coefficient (Wildman–Crippen LogP) is 0.747. The van der Waals surface area contributed by atoms with Crippen LogP contribution >= 0.6 is 0 Å². The summed E-state index contributed by atoms with van der Waals surface area (Å²) in [5, 5.41) is 17.8. The second kappa shape index (κ2) is 4.38. The van der Waals surface area contributed by atoms with Gasteiger partial charge in [0.2, 0.25) is 0 Å². The van der Waals surface area contributed by atoms with E-state index in [-0.39, 0.29) is 0 Å². The minimum atomic E-state index is -0.520. The van der Waals surface area contributed by atoms with E-state index in [9.17, 15) is 5.11 Å². The molecule has 0 saturated carbocycles. The molecule has 3 rings (SSSR count). The maximum atomic E-state index is 9.79. The van der Waals surface area contributed by atoms with Gasteiger partial charge in [-0.05, 0) is 13.0 Å². The summed E-state index contributed by atoms with van der Waals surface area (Å²) in [5.41, 5.74) is 0.852. The molecule has 6 nitrogen and oxygen atoms in total. The molecule has 6 heteroatoms. The van der Waals surface area contributed by atoms with Gasteiger partial charge in [0.25, 0.3) is 0 Å². The van der Waals surface area contributed by atoms with E-state index >= 15 is 0 Å². The summed E-state index contributed by atoms with van der Waals surface area (Å²) in [6.45, 7) is 4.13. The topological polar surface area (TPSA) is 67.1 Å². The number of aliphatic hydroxyl groups excluding tert-OH is 1. The van der Waals surface area contributed by atoms with Crippen LogP contribution in [0, 0.1) is 0 Å². The summed E-state index contributed by atoms with van der Waals surface area (Å²) in [4.78, 5) is 6.52. The average molecular weight is 245 g/mol. The SMILES string of the molecule is C[C@@H](O)c1cccnc1N1CCn2cnnc2C1. The van der Waals surface area contributed by atoms with Gasteiger partial charge in [0.15, 0.2) is 5.82 Å². The van der Waals surface area contributed by atoms with Gasteiger partial charge in [0.05, 0.1) is 12.6 Å². The molecule has 94 valence electrons. The molecule has 0 amide bonds. The standard InChI is InChI=1S/C12H15N5O/c1-9(18)10-3-2-4-13-12(10)16-5-6-17-8-14-15-11(17)7-16/h2-4,8-9,18H,5-7H2,1H3/t9-/m1/s1. The molecular formula is C12H15N5O. The van der Waals surface area contributed by atoms with Gasteiger partial charge < -0.3 is 14.6 Å². The Balaban J connectivity index is 1.93. The normalized spacial score (nSPS) is 16.4. The molecule has 0 unspecified atom stereocenters. The quantitative estimate of drug-likeness (QED) is 0.845. The van der Waals surface area contributed by atoms with Gasteiger partial charge >= 0.3 is 0 Å². The fraction of sp³-hybridized carbons (Fsp3) is 0.417. The van der Waals surface area contributed by atoms with Crippen LogP contribution in [-0.4, -0.2) is 31.4 Å². The summed E-state index contributed by atoms with van der Waals surface area (Å²) in [7, 11) is 0. The predicted molar refractivity (Wildman–Crippen MR) is 65.9 cm³/mol. The molecule has 1 N–H and O–H groups in total. The fourth-order valence-electron chi connectivity index (χ4n) is 2.25. The lowest BCUT2D eigenvalue weighted by Crippen LogP contribution is -2.35. The Morgan fingerprint density at radius 3 is 3.11 bits per heavy atom. The first kappa shape index (κ1) is 11.2. The van der Waals surface area contributed by atoms with E-state index in [1.807, 2.05) is 16.7 Å². The van der Waals surface area contributed by atoms with Gasteiger partial charge in [0.1, 0.15) is 12.1 Å². The van der Waals surface area contributed by atoms with Gasteiger partial charge in [0, 0.05) is 24.8 Å². The van der Waals surface area contributed by atoms with Crippen LogP contribution in [0.5, 0.6) is 0 Å². The zero-order valence-corrected chi connectivity index (χ0v) is 10.2. The number of rotatable bonds is 2. The smallest absolute Gasteiger partial charge is 0.152 e. The summed E-state index contributed by atoms with van der Waals surface area (Å²) < 4.78 is 2.04. The van der Waals surface area contributed by atoms with Gasteiger partial charge in [-0.25, -0.2) is 4.98 Å². The lowest BCUT2D eigenvalue weighted by Gasteiger charge is -2.30. The van der Waals surface area contributed by atoms with Crippen molar-refractivity contribution < 1.29 is 5.11 Å². The van der Waals surface area contributed by atoms with Crippen LogP contribution in [0.3, 0.4) is 0 Å². The molecule has 0 aromatic carbocycles. The molecule has 0 aliphatic carbocycles. The third-order valence-electron chi connectivity index (χ3n) is 3.21. The van der Waals surface area contributed by atoms with E-state index in [1.54, 1.807) is 19.4 Å². The van der Waals surface area contributed by atoms with Crippen LogP contribution in [0.15, 0.2) is 24.7 Å². The Morgan fingerprint density at radius 1 is 1.39 bits per heavy atom. The Hall–Kier alpha value is -1.95. The van der Waals surface area contributed by atoms with Gasteiger partial charge in [-0.3, -0.25) is 0 Å². The number of nitrogens with zero attached hydrogens (tertiary/aromatic N) is 5. The molecule has 3 heterocycles. The maximum absolute atomic E-state index is 9.79. The Labute approximate surface area is 105 Å². The number of aliphatic hydroxyl groups is 1. The van der Waals surface area contributed by atoms with Crippen LogP contribution < -0.4 is 4.90 Å². The highest BCUT2D eigenvalue weighted by molar-refractivity contribution is 5.48.